The maximum absolute atomic E-state index is 13.5. The third-order valence-electron chi connectivity index (χ3n) is 7.90. The molecule has 206 valence electrons. The van der Waals surface area contributed by atoms with E-state index in [2.05, 4.69) is 4.90 Å². The van der Waals surface area contributed by atoms with Crippen LogP contribution in [0.5, 0.6) is 0 Å². The van der Waals surface area contributed by atoms with Gasteiger partial charge in [0, 0.05) is 44.2 Å². The number of nitrogens with zero attached hydrogens (tertiary/aromatic N) is 2. The molecule has 4 rings (SSSR count). The highest BCUT2D eigenvalue weighted by molar-refractivity contribution is 5.92. The van der Waals surface area contributed by atoms with Gasteiger partial charge in [-0.2, -0.15) is 13.2 Å². The zero-order valence-corrected chi connectivity index (χ0v) is 21.6. The summed E-state index contributed by atoms with van der Waals surface area (Å²) in [7, 11) is 0. The van der Waals surface area contributed by atoms with Gasteiger partial charge in [0.2, 0.25) is 6.29 Å². The maximum Gasteiger partial charge on any atom is 0.416 e. The zero-order chi connectivity index (χ0) is 26.4. The molecule has 1 N–H and O–H groups in total. The number of ether oxygens (including phenoxy) is 2. The lowest BCUT2D eigenvalue weighted by Gasteiger charge is -2.41. The summed E-state index contributed by atoms with van der Waals surface area (Å²) in [5.41, 5.74) is -0.0496. The number of aliphatic hydroxyl groups is 1. The number of alkyl halides is 3. The SMILES string of the molecule is CCO[C@@H]1OC(C(=O)N2CCC(N3CCCCC3)CC2)=C[C@H](c2ccc(C(F)(F)F)cc2)[C@@H]1CCCO. The molecule has 1 aromatic carbocycles. The van der Waals surface area contributed by atoms with Gasteiger partial charge in [0.15, 0.2) is 5.76 Å². The topological polar surface area (TPSA) is 62.2 Å². The van der Waals surface area contributed by atoms with Crippen molar-refractivity contribution in [1.82, 2.24) is 9.80 Å². The number of rotatable bonds is 8. The minimum atomic E-state index is -4.42. The van der Waals surface area contributed by atoms with Crippen molar-refractivity contribution < 1.29 is 32.5 Å². The molecule has 9 heteroatoms. The molecule has 3 heterocycles. The number of likely N-dealkylation sites (tertiary alicyclic amines) is 2. The Kier molecular flexibility index (Phi) is 9.53. The molecular formula is C28H39F3N2O4. The van der Waals surface area contributed by atoms with Crippen LogP contribution in [0.2, 0.25) is 0 Å². The third-order valence-corrected chi connectivity index (χ3v) is 7.90. The predicted octanol–water partition coefficient (Wildman–Crippen LogP) is 4.93. The zero-order valence-electron chi connectivity index (χ0n) is 21.6. The number of halogens is 3. The molecule has 0 spiro atoms. The Morgan fingerprint density at radius 1 is 1.08 bits per heavy atom. The van der Waals surface area contributed by atoms with Gasteiger partial charge in [-0.25, -0.2) is 0 Å². The fourth-order valence-corrected chi connectivity index (χ4v) is 5.91. The van der Waals surface area contributed by atoms with Crippen molar-refractivity contribution in [1.29, 1.82) is 0 Å². The number of carbonyl (C=O) groups excluding carboxylic acids is 1. The number of carbonyl (C=O) groups is 1. The average molecular weight is 525 g/mol. The molecule has 2 fully saturated rings. The summed E-state index contributed by atoms with van der Waals surface area (Å²) in [6.45, 7) is 5.75. The van der Waals surface area contributed by atoms with Gasteiger partial charge in [-0.15, -0.1) is 0 Å². The Balaban J connectivity index is 1.54. The van der Waals surface area contributed by atoms with Gasteiger partial charge in [0.25, 0.3) is 5.91 Å². The molecule has 1 aromatic rings. The van der Waals surface area contributed by atoms with Crippen LogP contribution in [0.15, 0.2) is 36.1 Å². The number of hydrogen-bond donors (Lipinski definition) is 1. The van der Waals surface area contributed by atoms with Gasteiger partial charge >= 0.3 is 6.18 Å². The normalized spacial score (nSPS) is 26.0. The Morgan fingerprint density at radius 2 is 1.76 bits per heavy atom. The van der Waals surface area contributed by atoms with Gasteiger partial charge in [-0.1, -0.05) is 18.6 Å². The highest BCUT2D eigenvalue weighted by Gasteiger charge is 2.40. The molecule has 3 aliphatic rings. The third kappa shape index (κ3) is 6.86. The first-order chi connectivity index (χ1) is 17.8. The van der Waals surface area contributed by atoms with Gasteiger partial charge in [-0.3, -0.25) is 4.79 Å². The van der Waals surface area contributed by atoms with Crippen molar-refractivity contribution in [3.63, 3.8) is 0 Å². The Hall–Kier alpha value is -2.10. The quantitative estimate of drug-likeness (QED) is 0.523. The van der Waals surface area contributed by atoms with Crippen LogP contribution in [-0.2, 0) is 20.4 Å². The molecule has 0 aliphatic carbocycles. The molecule has 2 saturated heterocycles. The number of amides is 1. The first-order valence-electron chi connectivity index (χ1n) is 13.6. The number of aliphatic hydroxyl groups excluding tert-OH is 1. The van der Waals surface area contributed by atoms with Crippen LogP contribution in [0.4, 0.5) is 13.2 Å². The summed E-state index contributed by atoms with van der Waals surface area (Å²) in [6, 6.07) is 5.59. The maximum atomic E-state index is 13.5. The lowest BCUT2D eigenvalue weighted by molar-refractivity contribution is -0.171. The van der Waals surface area contributed by atoms with Crippen molar-refractivity contribution >= 4 is 5.91 Å². The largest absolute Gasteiger partial charge is 0.459 e. The molecule has 3 aliphatic heterocycles. The second kappa shape index (κ2) is 12.6. The summed E-state index contributed by atoms with van der Waals surface area (Å²) in [5, 5.41) is 9.44. The predicted molar refractivity (Wildman–Crippen MR) is 134 cm³/mol. The highest BCUT2D eigenvalue weighted by Crippen LogP contribution is 2.41. The number of piperidine rings is 2. The molecule has 6 nitrogen and oxygen atoms in total. The van der Waals surface area contributed by atoms with E-state index < -0.39 is 18.0 Å². The van der Waals surface area contributed by atoms with E-state index in [4.69, 9.17) is 9.47 Å². The second-order valence-corrected chi connectivity index (χ2v) is 10.3. The molecule has 0 aromatic heterocycles. The molecule has 37 heavy (non-hydrogen) atoms. The Morgan fingerprint density at radius 3 is 2.35 bits per heavy atom. The summed E-state index contributed by atoms with van der Waals surface area (Å²) in [4.78, 5) is 17.9. The van der Waals surface area contributed by atoms with E-state index in [1.807, 2.05) is 11.8 Å². The fraction of sp³-hybridized carbons (Fsp3) is 0.679. The lowest BCUT2D eigenvalue weighted by Crippen LogP contribution is -2.49. The summed E-state index contributed by atoms with van der Waals surface area (Å²) in [5.74, 6) is -0.617. The minimum Gasteiger partial charge on any atom is -0.459 e. The molecule has 1 amide bonds. The van der Waals surface area contributed by atoms with Crippen LogP contribution in [0, 0.1) is 5.92 Å². The molecule has 3 atom stereocenters. The highest BCUT2D eigenvalue weighted by atomic mass is 19.4. The fourth-order valence-electron chi connectivity index (χ4n) is 5.91. The van der Waals surface area contributed by atoms with Gasteiger partial charge in [-0.05, 0) is 82.3 Å². The Labute approximate surface area is 217 Å². The molecule has 0 radical (unpaired) electrons. The standard InChI is InChI=1S/C28H39F3N2O4/c1-2-36-27-23(7-6-18-34)24(20-8-10-21(11-9-20)28(29,30)31)19-25(37-27)26(35)33-16-12-22(13-17-33)32-14-4-3-5-15-32/h8-11,19,22-24,27,34H,2-7,12-18H2,1H3/t23-,24+,27+/m0/s1. The van der Waals surface area contributed by atoms with Crippen LogP contribution in [-0.4, -0.2) is 72.5 Å². The monoisotopic (exact) mass is 524 g/mol. The first kappa shape index (κ1) is 27.9. The summed E-state index contributed by atoms with van der Waals surface area (Å²) in [6.07, 6.45) is 3.27. The number of hydrogen-bond acceptors (Lipinski definition) is 5. The van der Waals surface area contributed by atoms with Crippen LogP contribution in [0.3, 0.4) is 0 Å². The van der Waals surface area contributed by atoms with Crippen LogP contribution in [0.1, 0.15) is 68.9 Å². The van der Waals surface area contributed by atoms with E-state index in [-0.39, 0.29) is 30.1 Å². The van der Waals surface area contributed by atoms with Crippen LogP contribution >= 0.6 is 0 Å². The van der Waals surface area contributed by atoms with Crippen molar-refractivity contribution in [2.75, 3.05) is 39.4 Å². The first-order valence-corrected chi connectivity index (χ1v) is 13.6. The van der Waals surface area contributed by atoms with Crippen LogP contribution in [0.25, 0.3) is 0 Å². The number of allylic oxidation sites excluding steroid dienone is 1. The Bertz CT molecular complexity index is 907. The minimum absolute atomic E-state index is 0.0173. The average Bonchev–Trinajstić information content (AvgIpc) is 2.92. The van der Waals surface area contributed by atoms with Gasteiger partial charge < -0.3 is 24.4 Å². The summed E-state index contributed by atoms with van der Waals surface area (Å²) < 4.78 is 51.4. The van der Waals surface area contributed by atoms with E-state index in [1.54, 1.807) is 6.08 Å². The molecule has 0 saturated carbocycles. The molecule has 0 bridgehead atoms. The van der Waals surface area contributed by atoms with E-state index >= 15 is 0 Å². The van der Waals surface area contributed by atoms with Crippen molar-refractivity contribution in [2.24, 2.45) is 5.92 Å². The van der Waals surface area contributed by atoms with E-state index in [1.165, 1.54) is 31.4 Å². The van der Waals surface area contributed by atoms with Gasteiger partial charge in [0.05, 0.1) is 5.56 Å². The van der Waals surface area contributed by atoms with Gasteiger partial charge in [0.1, 0.15) is 0 Å². The number of benzene rings is 1. The molecule has 0 unspecified atom stereocenters. The van der Waals surface area contributed by atoms with Crippen molar-refractivity contribution in [3.8, 4) is 0 Å². The van der Waals surface area contributed by atoms with Crippen LogP contribution < -0.4 is 0 Å². The second-order valence-electron chi connectivity index (χ2n) is 10.3. The smallest absolute Gasteiger partial charge is 0.416 e. The molecular weight excluding hydrogens is 485 g/mol. The van der Waals surface area contributed by atoms with E-state index in [0.29, 0.717) is 44.1 Å². The van der Waals surface area contributed by atoms with Crippen molar-refractivity contribution in [3.05, 3.63) is 47.2 Å². The lowest BCUT2D eigenvalue weighted by atomic mass is 9.80. The summed E-state index contributed by atoms with van der Waals surface area (Å²) >= 11 is 0. The van der Waals surface area contributed by atoms with E-state index in [9.17, 15) is 23.1 Å². The van der Waals surface area contributed by atoms with E-state index in [0.717, 1.165) is 38.1 Å². The van der Waals surface area contributed by atoms with Crippen molar-refractivity contribution in [2.45, 2.75) is 76.3 Å².